The second-order valence-electron chi connectivity index (χ2n) is 4.78. The number of nitrogens with zero attached hydrogens (tertiary/aromatic N) is 2. The maximum atomic E-state index is 5.91. The maximum Gasteiger partial charge on any atom is 0.131 e. The van der Waals surface area contributed by atoms with Crippen molar-refractivity contribution >= 4 is 17.6 Å². The smallest absolute Gasteiger partial charge is 0.131 e. The van der Waals surface area contributed by atoms with E-state index in [0.717, 1.165) is 17.0 Å². The lowest BCUT2D eigenvalue weighted by Crippen LogP contribution is -2.00. The molecule has 98 valence electrons. The fourth-order valence-electron chi connectivity index (χ4n) is 2.55. The highest BCUT2D eigenvalue weighted by molar-refractivity contribution is 7.99. The first-order chi connectivity index (χ1) is 9.28. The van der Waals surface area contributed by atoms with Crippen molar-refractivity contribution in [3.05, 3.63) is 41.2 Å². The van der Waals surface area contributed by atoms with Gasteiger partial charge in [0.15, 0.2) is 0 Å². The van der Waals surface area contributed by atoms with Gasteiger partial charge in [-0.1, -0.05) is 24.8 Å². The van der Waals surface area contributed by atoms with E-state index in [2.05, 4.69) is 35.1 Å². The van der Waals surface area contributed by atoms with E-state index in [1.807, 2.05) is 0 Å². The van der Waals surface area contributed by atoms with Crippen LogP contribution in [0.25, 0.3) is 0 Å². The summed E-state index contributed by atoms with van der Waals surface area (Å²) in [5.41, 5.74) is 9.95. The standard InChI is InChI=1S/C15H17N3S/c1-2-13-14(16)17-9-18-15(13)19-12-7-6-10-4-3-5-11(10)8-12/h6-9H,2-5H2,1H3,(H2,16,17,18). The van der Waals surface area contributed by atoms with Gasteiger partial charge < -0.3 is 5.73 Å². The van der Waals surface area contributed by atoms with Gasteiger partial charge in [0.1, 0.15) is 17.2 Å². The molecular formula is C15H17N3S. The Labute approximate surface area is 117 Å². The Bertz CT molecular complexity index is 610. The number of hydrogen-bond acceptors (Lipinski definition) is 4. The summed E-state index contributed by atoms with van der Waals surface area (Å²) in [6, 6.07) is 6.73. The number of hydrogen-bond donors (Lipinski definition) is 1. The zero-order chi connectivity index (χ0) is 13.2. The van der Waals surface area contributed by atoms with Crippen LogP contribution in [0, 0.1) is 0 Å². The highest BCUT2D eigenvalue weighted by Gasteiger charge is 2.13. The molecule has 0 aliphatic heterocycles. The van der Waals surface area contributed by atoms with Crippen molar-refractivity contribution in [1.82, 2.24) is 9.97 Å². The number of nitrogen functional groups attached to an aromatic ring is 1. The van der Waals surface area contributed by atoms with E-state index in [1.54, 1.807) is 18.1 Å². The third-order valence-corrected chi connectivity index (χ3v) is 4.61. The highest BCUT2D eigenvalue weighted by atomic mass is 32.2. The number of benzene rings is 1. The normalized spacial score (nSPS) is 13.5. The Morgan fingerprint density at radius 2 is 2.05 bits per heavy atom. The third kappa shape index (κ3) is 2.45. The van der Waals surface area contributed by atoms with E-state index in [4.69, 9.17) is 5.73 Å². The molecule has 0 spiro atoms. The van der Waals surface area contributed by atoms with Gasteiger partial charge >= 0.3 is 0 Å². The minimum absolute atomic E-state index is 0.598. The second kappa shape index (κ2) is 5.21. The Morgan fingerprint density at radius 1 is 1.21 bits per heavy atom. The Kier molecular flexibility index (Phi) is 3.42. The highest BCUT2D eigenvalue weighted by Crippen LogP contribution is 2.33. The number of aryl methyl sites for hydroxylation is 2. The van der Waals surface area contributed by atoms with Crippen molar-refractivity contribution < 1.29 is 0 Å². The van der Waals surface area contributed by atoms with Gasteiger partial charge in [-0.3, -0.25) is 0 Å². The van der Waals surface area contributed by atoms with Gasteiger partial charge in [-0.2, -0.15) is 0 Å². The SMILES string of the molecule is CCc1c(N)ncnc1Sc1ccc2c(c1)CCC2. The largest absolute Gasteiger partial charge is 0.383 e. The Morgan fingerprint density at radius 3 is 2.89 bits per heavy atom. The first kappa shape index (κ1) is 12.5. The zero-order valence-electron chi connectivity index (χ0n) is 11.0. The molecule has 0 unspecified atom stereocenters. The van der Waals surface area contributed by atoms with E-state index in [-0.39, 0.29) is 0 Å². The number of rotatable bonds is 3. The number of fused-ring (bicyclic) bond motifs is 1. The maximum absolute atomic E-state index is 5.91. The summed E-state index contributed by atoms with van der Waals surface area (Å²) in [5, 5.41) is 0.980. The average Bonchev–Trinajstić information content (AvgIpc) is 2.86. The topological polar surface area (TPSA) is 51.8 Å². The van der Waals surface area contributed by atoms with Crippen LogP contribution in [-0.4, -0.2) is 9.97 Å². The molecule has 3 nitrogen and oxygen atoms in total. The van der Waals surface area contributed by atoms with Crippen molar-refractivity contribution in [2.24, 2.45) is 0 Å². The van der Waals surface area contributed by atoms with Crippen LogP contribution in [0.1, 0.15) is 30.0 Å². The van der Waals surface area contributed by atoms with E-state index in [1.165, 1.54) is 35.3 Å². The molecule has 3 rings (SSSR count). The molecule has 0 saturated carbocycles. The van der Waals surface area contributed by atoms with Crippen molar-refractivity contribution in [3.8, 4) is 0 Å². The van der Waals surface area contributed by atoms with Crippen molar-refractivity contribution in [2.75, 3.05) is 5.73 Å². The first-order valence-corrected chi connectivity index (χ1v) is 7.48. The van der Waals surface area contributed by atoms with Gasteiger partial charge in [-0.25, -0.2) is 9.97 Å². The lowest BCUT2D eigenvalue weighted by atomic mass is 10.1. The molecule has 2 aromatic rings. The summed E-state index contributed by atoms with van der Waals surface area (Å²) in [6.45, 7) is 2.09. The molecule has 1 aliphatic rings. The van der Waals surface area contributed by atoms with Gasteiger partial charge in [-0.05, 0) is 48.9 Å². The predicted octanol–water partition coefficient (Wildman–Crippen LogP) is 3.26. The zero-order valence-corrected chi connectivity index (χ0v) is 11.8. The summed E-state index contributed by atoms with van der Waals surface area (Å²) in [7, 11) is 0. The minimum Gasteiger partial charge on any atom is -0.383 e. The van der Waals surface area contributed by atoms with Crippen LogP contribution in [-0.2, 0) is 19.3 Å². The molecule has 0 saturated heterocycles. The predicted molar refractivity (Wildman–Crippen MR) is 78.4 cm³/mol. The quantitative estimate of drug-likeness (QED) is 0.871. The van der Waals surface area contributed by atoms with Gasteiger partial charge in [0.05, 0.1) is 0 Å². The molecular weight excluding hydrogens is 254 g/mol. The fourth-order valence-corrected chi connectivity index (χ4v) is 3.58. The molecule has 0 fully saturated rings. The van der Waals surface area contributed by atoms with Gasteiger partial charge in [0, 0.05) is 10.5 Å². The third-order valence-electron chi connectivity index (χ3n) is 3.58. The van der Waals surface area contributed by atoms with Gasteiger partial charge in [-0.15, -0.1) is 0 Å². The molecule has 1 heterocycles. The Balaban J connectivity index is 1.91. The van der Waals surface area contributed by atoms with E-state index in [0.29, 0.717) is 5.82 Å². The van der Waals surface area contributed by atoms with Crippen LogP contribution in [0.2, 0.25) is 0 Å². The Hall–Kier alpha value is -1.55. The lowest BCUT2D eigenvalue weighted by molar-refractivity contribution is 0.911. The molecule has 0 radical (unpaired) electrons. The van der Waals surface area contributed by atoms with Crippen LogP contribution in [0.5, 0.6) is 0 Å². The van der Waals surface area contributed by atoms with Crippen molar-refractivity contribution in [3.63, 3.8) is 0 Å². The van der Waals surface area contributed by atoms with Crippen molar-refractivity contribution in [1.29, 1.82) is 0 Å². The number of anilines is 1. The number of nitrogens with two attached hydrogens (primary N) is 1. The summed E-state index contributed by atoms with van der Waals surface area (Å²) in [4.78, 5) is 9.68. The van der Waals surface area contributed by atoms with Crippen LogP contribution in [0.15, 0.2) is 34.4 Å². The molecule has 1 aliphatic carbocycles. The molecule has 0 amide bonds. The molecule has 0 atom stereocenters. The molecule has 19 heavy (non-hydrogen) atoms. The molecule has 0 bridgehead atoms. The van der Waals surface area contributed by atoms with E-state index in [9.17, 15) is 0 Å². The summed E-state index contributed by atoms with van der Waals surface area (Å²) in [5.74, 6) is 0.598. The fraction of sp³-hybridized carbons (Fsp3) is 0.333. The van der Waals surface area contributed by atoms with Crippen LogP contribution in [0.3, 0.4) is 0 Å². The summed E-state index contributed by atoms with van der Waals surface area (Å²) >= 11 is 1.69. The van der Waals surface area contributed by atoms with E-state index < -0.39 is 0 Å². The van der Waals surface area contributed by atoms with Crippen molar-refractivity contribution in [2.45, 2.75) is 42.5 Å². The lowest BCUT2D eigenvalue weighted by Gasteiger charge is -2.09. The first-order valence-electron chi connectivity index (χ1n) is 6.67. The van der Waals surface area contributed by atoms with E-state index >= 15 is 0 Å². The van der Waals surface area contributed by atoms with Gasteiger partial charge in [0.25, 0.3) is 0 Å². The minimum atomic E-state index is 0.598. The number of aromatic nitrogens is 2. The van der Waals surface area contributed by atoms with Crippen LogP contribution < -0.4 is 5.73 Å². The second-order valence-corrected chi connectivity index (χ2v) is 5.84. The summed E-state index contributed by atoms with van der Waals surface area (Å²) in [6.07, 6.45) is 6.12. The van der Waals surface area contributed by atoms with Crippen LogP contribution >= 0.6 is 11.8 Å². The van der Waals surface area contributed by atoms with Gasteiger partial charge in [0.2, 0.25) is 0 Å². The van der Waals surface area contributed by atoms with Crippen LogP contribution in [0.4, 0.5) is 5.82 Å². The molecule has 4 heteroatoms. The summed E-state index contributed by atoms with van der Waals surface area (Å²) < 4.78 is 0. The molecule has 1 aromatic carbocycles. The average molecular weight is 271 g/mol. The molecule has 2 N–H and O–H groups in total. The molecule has 1 aromatic heterocycles. The monoisotopic (exact) mass is 271 g/mol.